The number of hydrogen-bond donors (Lipinski definition) is 1. The van der Waals surface area contributed by atoms with E-state index in [1.165, 1.54) is 0 Å². The van der Waals surface area contributed by atoms with Crippen molar-refractivity contribution in [2.45, 2.75) is 70.8 Å². The van der Waals surface area contributed by atoms with Gasteiger partial charge in [-0.05, 0) is 32.1 Å². The molecule has 1 aromatic heterocycles. The molecular weight excluding hydrogens is 268 g/mol. The molecule has 0 bridgehead atoms. The molecule has 1 aliphatic rings. The Hall–Kier alpha value is -1.65. The normalized spacial score (nSPS) is 15.7. The molecule has 0 radical (unpaired) electrons. The van der Waals surface area contributed by atoms with Gasteiger partial charge in [-0.2, -0.15) is 0 Å². The highest BCUT2D eigenvalue weighted by Gasteiger charge is 2.29. The van der Waals surface area contributed by atoms with Crippen molar-refractivity contribution < 1.29 is 14.1 Å². The van der Waals surface area contributed by atoms with E-state index in [1.54, 1.807) is 6.07 Å². The number of hydrogen-bond acceptors (Lipinski definition) is 4. The first-order chi connectivity index (χ1) is 10.1. The van der Waals surface area contributed by atoms with Crippen molar-refractivity contribution in [2.24, 2.45) is 0 Å². The molecule has 1 N–H and O–H groups in total. The third kappa shape index (κ3) is 4.69. The third-order valence-corrected chi connectivity index (χ3v) is 3.87. The lowest BCUT2D eigenvalue weighted by Crippen LogP contribution is -2.35. The number of ketones is 1. The second-order valence-corrected chi connectivity index (χ2v) is 5.79. The Balaban J connectivity index is 1.82. The molecule has 1 heterocycles. The van der Waals surface area contributed by atoms with Gasteiger partial charge in [0.1, 0.15) is 11.5 Å². The highest BCUT2D eigenvalue weighted by molar-refractivity contribution is 5.92. The van der Waals surface area contributed by atoms with Crippen molar-refractivity contribution in [1.82, 2.24) is 10.5 Å². The van der Waals surface area contributed by atoms with Crippen LogP contribution >= 0.6 is 0 Å². The fourth-order valence-corrected chi connectivity index (χ4v) is 2.33. The van der Waals surface area contributed by atoms with E-state index in [4.69, 9.17) is 4.52 Å². The van der Waals surface area contributed by atoms with Crippen LogP contribution in [-0.4, -0.2) is 22.9 Å². The van der Waals surface area contributed by atoms with Gasteiger partial charge in [-0.15, -0.1) is 0 Å². The predicted octanol–water partition coefficient (Wildman–Crippen LogP) is 3.21. The molecule has 1 amide bonds. The van der Waals surface area contributed by atoms with Crippen molar-refractivity contribution in [3.63, 3.8) is 0 Å². The minimum Gasteiger partial charge on any atom is -0.360 e. The van der Waals surface area contributed by atoms with Crippen molar-refractivity contribution >= 4 is 11.7 Å². The number of amides is 1. The van der Waals surface area contributed by atoms with Gasteiger partial charge in [-0.1, -0.05) is 19.0 Å². The summed E-state index contributed by atoms with van der Waals surface area (Å²) in [6.45, 7) is 4.01. The molecule has 1 aliphatic carbocycles. The van der Waals surface area contributed by atoms with Crippen LogP contribution in [0.3, 0.4) is 0 Å². The van der Waals surface area contributed by atoms with Gasteiger partial charge in [0, 0.05) is 30.9 Å². The number of nitrogens with zero attached hydrogens (tertiary/aromatic N) is 1. The van der Waals surface area contributed by atoms with E-state index in [9.17, 15) is 9.59 Å². The molecule has 1 fully saturated rings. The Kier molecular flexibility index (Phi) is 5.53. The van der Waals surface area contributed by atoms with Crippen LogP contribution in [0.4, 0.5) is 0 Å². The van der Waals surface area contributed by atoms with E-state index in [1.807, 2.05) is 13.8 Å². The minimum atomic E-state index is -0.208. The molecule has 116 valence electrons. The Morgan fingerprint density at radius 2 is 2.14 bits per heavy atom. The molecule has 2 rings (SSSR count). The monoisotopic (exact) mass is 292 g/mol. The second kappa shape index (κ2) is 7.38. The van der Waals surface area contributed by atoms with Gasteiger partial charge in [0.25, 0.3) is 5.91 Å². The number of Topliss-reactive ketones (excluding diaryl/α,β-unsaturated/α-hetero) is 1. The number of carbonyl (C=O) groups is 2. The van der Waals surface area contributed by atoms with Crippen molar-refractivity contribution in [1.29, 1.82) is 0 Å². The molecular formula is C16H24N2O3. The molecule has 1 unspecified atom stereocenters. The summed E-state index contributed by atoms with van der Waals surface area (Å²) in [5, 5.41) is 6.77. The van der Waals surface area contributed by atoms with Crippen LogP contribution in [0.5, 0.6) is 0 Å². The number of carbonyl (C=O) groups excluding carboxylic acids is 2. The Labute approximate surface area is 125 Å². The zero-order valence-electron chi connectivity index (χ0n) is 12.9. The van der Waals surface area contributed by atoms with Crippen LogP contribution < -0.4 is 5.32 Å². The standard InChI is InChI=1S/C16H24N2O3/c1-3-5-13(19)9-8-12(4-2)17-16(20)14-10-15(21-18-14)11-6-7-11/h10-12H,3-9H2,1-2H3,(H,17,20). The Morgan fingerprint density at radius 1 is 1.38 bits per heavy atom. The summed E-state index contributed by atoms with van der Waals surface area (Å²) in [5.41, 5.74) is 0.343. The molecule has 1 atom stereocenters. The summed E-state index contributed by atoms with van der Waals surface area (Å²) in [6.07, 6.45) is 5.76. The molecule has 21 heavy (non-hydrogen) atoms. The maximum absolute atomic E-state index is 12.1. The lowest BCUT2D eigenvalue weighted by atomic mass is 10.0. The zero-order valence-corrected chi connectivity index (χ0v) is 12.9. The fraction of sp³-hybridized carbons (Fsp3) is 0.688. The molecule has 0 spiro atoms. The number of aromatic nitrogens is 1. The molecule has 5 heteroatoms. The van der Waals surface area contributed by atoms with Crippen LogP contribution in [0.1, 0.15) is 81.0 Å². The van der Waals surface area contributed by atoms with Gasteiger partial charge in [-0.3, -0.25) is 9.59 Å². The van der Waals surface area contributed by atoms with Crippen LogP contribution in [0, 0.1) is 0 Å². The smallest absolute Gasteiger partial charge is 0.273 e. The minimum absolute atomic E-state index is 0.0133. The van der Waals surface area contributed by atoms with E-state index in [0.717, 1.165) is 31.4 Å². The number of nitrogens with one attached hydrogen (secondary N) is 1. The summed E-state index contributed by atoms with van der Waals surface area (Å²) in [5.74, 6) is 1.32. The maximum Gasteiger partial charge on any atom is 0.273 e. The molecule has 0 aliphatic heterocycles. The highest BCUT2D eigenvalue weighted by atomic mass is 16.5. The topological polar surface area (TPSA) is 72.2 Å². The second-order valence-electron chi connectivity index (χ2n) is 5.79. The lowest BCUT2D eigenvalue weighted by molar-refractivity contribution is -0.119. The first-order valence-corrected chi connectivity index (χ1v) is 7.93. The highest BCUT2D eigenvalue weighted by Crippen LogP contribution is 2.40. The van der Waals surface area contributed by atoms with Crippen molar-refractivity contribution in [2.75, 3.05) is 0 Å². The van der Waals surface area contributed by atoms with E-state index in [0.29, 0.717) is 30.9 Å². The zero-order chi connectivity index (χ0) is 15.2. The van der Waals surface area contributed by atoms with E-state index < -0.39 is 0 Å². The fourth-order valence-electron chi connectivity index (χ4n) is 2.33. The molecule has 0 saturated heterocycles. The summed E-state index contributed by atoms with van der Waals surface area (Å²) < 4.78 is 5.19. The molecule has 1 saturated carbocycles. The number of rotatable bonds is 9. The van der Waals surface area contributed by atoms with Crippen LogP contribution in [0.15, 0.2) is 10.6 Å². The van der Waals surface area contributed by atoms with E-state index >= 15 is 0 Å². The molecule has 1 aromatic rings. The molecule has 5 nitrogen and oxygen atoms in total. The SMILES string of the molecule is CCCC(=O)CCC(CC)NC(=O)c1cc(C2CC2)on1. The first kappa shape index (κ1) is 15.7. The average Bonchev–Trinajstić information content (AvgIpc) is 3.20. The third-order valence-electron chi connectivity index (χ3n) is 3.87. The van der Waals surface area contributed by atoms with Crippen LogP contribution in [-0.2, 0) is 4.79 Å². The van der Waals surface area contributed by atoms with Gasteiger partial charge in [0.05, 0.1) is 0 Å². The quantitative estimate of drug-likeness (QED) is 0.758. The largest absolute Gasteiger partial charge is 0.360 e. The lowest BCUT2D eigenvalue weighted by Gasteiger charge is -2.15. The van der Waals surface area contributed by atoms with Gasteiger partial charge >= 0.3 is 0 Å². The van der Waals surface area contributed by atoms with E-state index in [-0.39, 0.29) is 17.7 Å². The van der Waals surface area contributed by atoms with Gasteiger partial charge in [-0.25, -0.2) is 0 Å². The van der Waals surface area contributed by atoms with Crippen LogP contribution in [0.2, 0.25) is 0 Å². The van der Waals surface area contributed by atoms with Crippen molar-refractivity contribution in [3.8, 4) is 0 Å². The first-order valence-electron chi connectivity index (χ1n) is 7.93. The maximum atomic E-state index is 12.1. The van der Waals surface area contributed by atoms with Gasteiger partial charge in [0.2, 0.25) is 0 Å². The average molecular weight is 292 g/mol. The summed E-state index contributed by atoms with van der Waals surface area (Å²) in [7, 11) is 0. The Bertz CT molecular complexity index is 491. The van der Waals surface area contributed by atoms with Gasteiger partial charge < -0.3 is 9.84 Å². The molecule has 0 aromatic carbocycles. The Morgan fingerprint density at radius 3 is 2.76 bits per heavy atom. The van der Waals surface area contributed by atoms with Gasteiger partial charge in [0.15, 0.2) is 5.69 Å². The summed E-state index contributed by atoms with van der Waals surface area (Å²) in [4.78, 5) is 23.7. The summed E-state index contributed by atoms with van der Waals surface area (Å²) in [6, 6.07) is 1.75. The predicted molar refractivity (Wildman–Crippen MR) is 79.2 cm³/mol. The van der Waals surface area contributed by atoms with E-state index in [2.05, 4.69) is 10.5 Å². The summed E-state index contributed by atoms with van der Waals surface area (Å²) >= 11 is 0. The van der Waals surface area contributed by atoms with Crippen LogP contribution in [0.25, 0.3) is 0 Å². The van der Waals surface area contributed by atoms with Crippen molar-refractivity contribution in [3.05, 3.63) is 17.5 Å².